The van der Waals surface area contributed by atoms with E-state index in [9.17, 15) is 4.79 Å². The van der Waals surface area contributed by atoms with Gasteiger partial charge in [-0.1, -0.05) is 20.8 Å². The SMILES string of the molecule is CC(C)(C)COP(O)OC(=O)CN. The molecule has 0 saturated heterocycles. The van der Waals surface area contributed by atoms with Crippen LogP contribution in [0.2, 0.25) is 0 Å². The maximum absolute atomic E-state index is 10.6. The molecule has 0 bridgehead atoms. The van der Waals surface area contributed by atoms with Crippen molar-refractivity contribution in [1.82, 2.24) is 0 Å². The van der Waals surface area contributed by atoms with Gasteiger partial charge in [-0.05, 0) is 5.41 Å². The van der Waals surface area contributed by atoms with Crippen LogP contribution in [0.1, 0.15) is 20.8 Å². The lowest BCUT2D eigenvalue weighted by Gasteiger charge is -2.19. The molecule has 6 heteroatoms. The third-order valence-electron chi connectivity index (χ3n) is 0.955. The highest BCUT2D eigenvalue weighted by Gasteiger charge is 2.17. The molecule has 0 spiro atoms. The summed E-state index contributed by atoms with van der Waals surface area (Å²) in [6.07, 6.45) is 0. The number of hydrogen-bond acceptors (Lipinski definition) is 5. The molecule has 0 aliphatic heterocycles. The van der Waals surface area contributed by atoms with E-state index in [0.717, 1.165) is 0 Å². The van der Waals surface area contributed by atoms with Gasteiger partial charge in [-0.2, -0.15) is 0 Å². The molecule has 0 aliphatic rings. The van der Waals surface area contributed by atoms with Crippen LogP contribution in [0.25, 0.3) is 0 Å². The van der Waals surface area contributed by atoms with Crippen molar-refractivity contribution in [2.75, 3.05) is 13.2 Å². The van der Waals surface area contributed by atoms with Crippen LogP contribution in [-0.4, -0.2) is 24.0 Å². The van der Waals surface area contributed by atoms with E-state index in [0.29, 0.717) is 6.61 Å². The van der Waals surface area contributed by atoms with E-state index in [1.54, 1.807) is 0 Å². The molecule has 0 saturated carbocycles. The fourth-order valence-corrected chi connectivity index (χ4v) is 1.20. The molecule has 0 radical (unpaired) electrons. The molecule has 0 aromatic carbocycles. The van der Waals surface area contributed by atoms with E-state index < -0.39 is 14.6 Å². The highest BCUT2D eigenvalue weighted by atomic mass is 31.2. The largest absolute Gasteiger partial charge is 0.396 e. The van der Waals surface area contributed by atoms with Crippen LogP contribution in [0.3, 0.4) is 0 Å². The molecule has 3 N–H and O–H groups in total. The summed E-state index contributed by atoms with van der Waals surface area (Å²) < 4.78 is 9.33. The van der Waals surface area contributed by atoms with Gasteiger partial charge in [0.2, 0.25) is 0 Å². The monoisotopic (exact) mass is 209 g/mol. The molecule has 0 aromatic heterocycles. The molecular weight excluding hydrogens is 193 g/mol. The minimum atomic E-state index is -2.12. The lowest BCUT2D eigenvalue weighted by Crippen LogP contribution is -2.17. The van der Waals surface area contributed by atoms with Crippen molar-refractivity contribution in [3.05, 3.63) is 0 Å². The lowest BCUT2D eigenvalue weighted by atomic mass is 9.99. The number of nitrogens with two attached hydrogens (primary N) is 1. The van der Waals surface area contributed by atoms with Gasteiger partial charge >= 0.3 is 14.6 Å². The first-order valence-electron chi connectivity index (χ1n) is 3.88. The first-order chi connectivity index (χ1) is 5.85. The minimum absolute atomic E-state index is 0.0710. The smallest absolute Gasteiger partial charge is 0.393 e. The van der Waals surface area contributed by atoms with Crippen molar-refractivity contribution in [2.45, 2.75) is 20.8 Å². The van der Waals surface area contributed by atoms with Crippen LogP contribution in [0.5, 0.6) is 0 Å². The molecule has 1 unspecified atom stereocenters. The fourth-order valence-electron chi connectivity index (χ4n) is 0.400. The minimum Gasteiger partial charge on any atom is -0.393 e. The Morgan fingerprint density at radius 2 is 2.08 bits per heavy atom. The Balaban J connectivity index is 3.63. The van der Waals surface area contributed by atoms with Crippen LogP contribution in [0.15, 0.2) is 0 Å². The van der Waals surface area contributed by atoms with E-state index in [1.807, 2.05) is 20.8 Å². The Bertz CT molecular complexity index is 168. The summed E-state index contributed by atoms with van der Waals surface area (Å²) in [6, 6.07) is 0. The molecule has 0 rings (SSSR count). The molecular formula is C7H16NO4P. The third-order valence-corrected chi connectivity index (χ3v) is 1.66. The normalized spacial score (nSPS) is 13.9. The Hall–Kier alpha value is -0.220. The van der Waals surface area contributed by atoms with Crippen molar-refractivity contribution in [3.63, 3.8) is 0 Å². The van der Waals surface area contributed by atoms with Crippen molar-refractivity contribution >= 4 is 14.6 Å². The summed E-state index contributed by atoms with van der Waals surface area (Å²) in [6.45, 7) is 5.91. The van der Waals surface area contributed by atoms with Crippen LogP contribution in [-0.2, 0) is 13.8 Å². The highest BCUT2D eigenvalue weighted by molar-refractivity contribution is 7.41. The maximum Gasteiger partial charge on any atom is 0.396 e. The predicted octanol–water partition coefficient (Wildman–Crippen LogP) is 0.770. The molecule has 0 amide bonds. The quantitative estimate of drug-likeness (QED) is 0.668. The van der Waals surface area contributed by atoms with E-state index in [2.05, 4.69) is 4.52 Å². The van der Waals surface area contributed by atoms with Crippen molar-refractivity contribution < 1.29 is 18.7 Å². The Labute approximate surface area is 79.2 Å². The summed E-state index contributed by atoms with van der Waals surface area (Å²) in [7, 11) is -2.12. The maximum atomic E-state index is 10.6. The Morgan fingerprint density at radius 3 is 2.46 bits per heavy atom. The van der Waals surface area contributed by atoms with Gasteiger partial charge in [0.15, 0.2) is 0 Å². The second-order valence-electron chi connectivity index (χ2n) is 3.74. The zero-order valence-corrected chi connectivity index (χ0v) is 9.01. The molecule has 78 valence electrons. The van der Waals surface area contributed by atoms with Crippen LogP contribution < -0.4 is 5.73 Å². The van der Waals surface area contributed by atoms with Gasteiger partial charge in [-0.3, -0.25) is 4.79 Å². The summed E-state index contributed by atoms with van der Waals surface area (Å²) >= 11 is 0. The van der Waals surface area contributed by atoms with Gasteiger partial charge < -0.3 is 19.7 Å². The Morgan fingerprint density at radius 1 is 1.54 bits per heavy atom. The number of carbonyl (C=O) groups is 1. The molecule has 1 atom stereocenters. The second kappa shape index (κ2) is 5.50. The van der Waals surface area contributed by atoms with Crippen LogP contribution in [0.4, 0.5) is 0 Å². The second-order valence-corrected chi connectivity index (χ2v) is 4.66. The molecule has 13 heavy (non-hydrogen) atoms. The van der Waals surface area contributed by atoms with E-state index in [4.69, 9.17) is 15.2 Å². The van der Waals surface area contributed by atoms with Gasteiger partial charge in [-0.25, -0.2) is 0 Å². The van der Waals surface area contributed by atoms with Gasteiger partial charge in [0.05, 0.1) is 13.2 Å². The molecule has 5 nitrogen and oxygen atoms in total. The summed E-state index contributed by atoms with van der Waals surface area (Å²) in [5, 5.41) is 0. The van der Waals surface area contributed by atoms with Crippen LogP contribution >= 0.6 is 8.60 Å². The number of carbonyl (C=O) groups excluding carboxylic acids is 1. The lowest BCUT2D eigenvalue weighted by molar-refractivity contribution is -0.133. The topological polar surface area (TPSA) is 81.8 Å². The number of hydrogen-bond donors (Lipinski definition) is 2. The van der Waals surface area contributed by atoms with Gasteiger partial charge in [0.1, 0.15) is 0 Å². The van der Waals surface area contributed by atoms with Crippen LogP contribution in [0, 0.1) is 5.41 Å². The fraction of sp³-hybridized carbons (Fsp3) is 0.857. The molecule has 0 aliphatic carbocycles. The summed E-state index contributed by atoms with van der Waals surface area (Å²) in [5.41, 5.74) is 4.90. The van der Waals surface area contributed by atoms with Crippen molar-refractivity contribution in [3.8, 4) is 0 Å². The third kappa shape index (κ3) is 8.12. The Kier molecular flexibility index (Phi) is 5.40. The highest BCUT2D eigenvalue weighted by Crippen LogP contribution is 2.34. The van der Waals surface area contributed by atoms with Gasteiger partial charge in [-0.15, -0.1) is 0 Å². The summed E-state index contributed by atoms with van der Waals surface area (Å²) in [5.74, 6) is -0.664. The molecule has 0 heterocycles. The standard InChI is InChI=1S/C7H16NO4P/c1-7(2,3)5-11-13(10)12-6(9)4-8/h10H,4-5,8H2,1-3H3. The first-order valence-corrected chi connectivity index (χ1v) is 5.01. The van der Waals surface area contributed by atoms with Crippen molar-refractivity contribution in [1.29, 1.82) is 0 Å². The summed E-state index contributed by atoms with van der Waals surface area (Å²) in [4.78, 5) is 19.6. The van der Waals surface area contributed by atoms with E-state index in [1.165, 1.54) is 0 Å². The van der Waals surface area contributed by atoms with Gasteiger partial charge in [0.25, 0.3) is 0 Å². The first kappa shape index (κ1) is 12.8. The molecule has 0 aromatic rings. The zero-order valence-electron chi connectivity index (χ0n) is 8.11. The average Bonchev–Trinajstić information content (AvgIpc) is 1.99. The van der Waals surface area contributed by atoms with Gasteiger partial charge in [0, 0.05) is 0 Å². The van der Waals surface area contributed by atoms with E-state index in [-0.39, 0.29) is 12.0 Å². The molecule has 0 fully saturated rings. The average molecular weight is 209 g/mol. The number of rotatable bonds is 4. The predicted molar refractivity (Wildman–Crippen MR) is 49.7 cm³/mol. The van der Waals surface area contributed by atoms with Crippen molar-refractivity contribution in [2.24, 2.45) is 11.1 Å². The van der Waals surface area contributed by atoms with E-state index >= 15 is 0 Å². The zero-order chi connectivity index (χ0) is 10.5.